The molecular weight excluding hydrogens is 464 g/mol. The molecule has 0 spiro atoms. The molecule has 1 amide bonds. The second-order valence-corrected chi connectivity index (χ2v) is 8.06. The van der Waals surface area contributed by atoms with E-state index >= 15 is 8.78 Å². The molecule has 2 unspecified atom stereocenters. The highest BCUT2D eigenvalue weighted by atomic mass is 19.1. The van der Waals surface area contributed by atoms with Crippen molar-refractivity contribution in [2.75, 3.05) is 20.3 Å². The predicted octanol–water partition coefficient (Wildman–Crippen LogP) is 2.00. The lowest BCUT2D eigenvalue weighted by molar-refractivity contribution is 0.0384. The quantitative estimate of drug-likeness (QED) is 0.586. The Balaban J connectivity index is 1.74. The summed E-state index contributed by atoms with van der Waals surface area (Å²) in [5, 5.41) is 3.84. The number of halogens is 2. The van der Waals surface area contributed by atoms with E-state index in [2.05, 4.69) is 10.1 Å². The molecule has 2 N–H and O–H groups in total. The van der Waals surface area contributed by atoms with E-state index < -0.39 is 35.5 Å². The number of nitrogens with zero attached hydrogens (tertiary/aromatic N) is 4. The summed E-state index contributed by atoms with van der Waals surface area (Å²) in [6.45, 7) is 2.06. The van der Waals surface area contributed by atoms with Crippen LogP contribution in [0.5, 0.6) is 5.88 Å². The van der Waals surface area contributed by atoms with Gasteiger partial charge in [0, 0.05) is 18.3 Å². The lowest BCUT2D eigenvalue weighted by Crippen LogP contribution is -2.36. The zero-order valence-corrected chi connectivity index (χ0v) is 18.8. The number of pyridine rings is 1. The fraction of sp³-hybridized carbons (Fsp3) is 0.304. The van der Waals surface area contributed by atoms with E-state index in [1.165, 1.54) is 25.5 Å². The summed E-state index contributed by atoms with van der Waals surface area (Å²) in [7, 11) is 1.46. The third-order valence-electron chi connectivity index (χ3n) is 6.07. The highest BCUT2D eigenvalue weighted by Gasteiger charge is 2.39. The molecule has 2 aliphatic rings. The maximum Gasteiger partial charge on any atom is 0.277 e. The Morgan fingerprint density at radius 3 is 2.77 bits per heavy atom. The molecule has 1 aliphatic heterocycles. The topological polar surface area (TPSA) is 123 Å². The SMILES string of the molecule is COc1ccc([C@@H](C)n2c(C3C=CC4=C(OCCO4)C3F)c(F)n3nc(C(N)=O)cc3c2=O)cn1. The highest BCUT2D eigenvalue weighted by molar-refractivity contribution is 5.92. The summed E-state index contributed by atoms with van der Waals surface area (Å²) in [4.78, 5) is 29.5. The van der Waals surface area contributed by atoms with Crippen LogP contribution in [0, 0.1) is 5.95 Å². The molecule has 4 heterocycles. The van der Waals surface area contributed by atoms with Gasteiger partial charge in [0.2, 0.25) is 11.8 Å². The number of hydrogen-bond donors (Lipinski definition) is 1. The van der Waals surface area contributed by atoms with Gasteiger partial charge < -0.3 is 19.9 Å². The number of aromatic nitrogens is 4. The van der Waals surface area contributed by atoms with Crippen LogP contribution in [0.25, 0.3) is 5.52 Å². The van der Waals surface area contributed by atoms with Crippen molar-refractivity contribution in [3.05, 3.63) is 81.3 Å². The molecule has 0 fully saturated rings. The van der Waals surface area contributed by atoms with Crippen LogP contribution in [0.15, 0.2) is 52.9 Å². The lowest BCUT2D eigenvalue weighted by atomic mass is 9.91. The molecule has 1 aliphatic carbocycles. The van der Waals surface area contributed by atoms with Crippen LogP contribution < -0.4 is 16.0 Å². The van der Waals surface area contributed by atoms with E-state index in [1.807, 2.05) is 0 Å². The van der Waals surface area contributed by atoms with Gasteiger partial charge in [-0.15, -0.1) is 0 Å². The zero-order chi connectivity index (χ0) is 24.9. The number of carbonyl (C=O) groups is 1. The van der Waals surface area contributed by atoms with Crippen molar-refractivity contribution in [2.45, 2.75) is 25.1 Å². The molecule has 0 saturated carbocycles. The molecule has 3 atom stereocenters. The number of alkyl halides is 1. The summed E-state index contributed by atoms with van der Waals surface area (Å²) in [6, 6.07) is 3.59. The van der Waals surface area contributed by atoms with Crippen LogP contribution in [0.4, 0.5) is 8.78 Å². The van der Waals surface area contributed by atoms with E-state index in [0.717, 1.165) is 10.6 Å². The Bertz CT molecular complexity index is 1440. The first-order chi connectivity index (χ1) is 16.8. The van der Waals surface area contributed by atoms with Gasteiger partial charge in [-0.25, -0.2) is 9.37 Å². The number of ether oxygens (including phenoxy) is 3. The summed E-state index contributed by atoms with van der Waals surface area (Å²) in [5.74, 6) is -2.69. The van der Waals surface area contributed by atoms with Gasteiger partial charge in [0.1, 0.15) is 18.7 Å². The average molecular weight is 485 g/mol. The van der Waals surface area contributed by atoms with Gasteiger partial charge in [0.15, 0.2) is 23.4 Å². The van der Waals surface area contributed by atoms with Crippen molar-refractivity contribution in [1.82, 2.24) is 19.2 Å². The van der Waals surface area contributed by atoms with Crippen LogP contribution in [-0.2, 0) is 9.47 Å². The van der Waals surface area contributed by atoms with E-state index in [9.17, 15) is 9.59 Å². The van der Waals surface area contributed by atoms with Gasteiger partial charge in [-0.1, -0.05) is 12.1 Å². The van der Waals surface area contributed by atoms with Crippen molar-refractivity contribution in [3.8, 4) is 5.88 Å². The molecule has 0 bridgehead atoms. The lowest BCUT2D eigenvalue weighted by Gasteiger charge is -2.31. The smallest absolute Gasteiger partial charge is 0.277 e. The van der Waals surface area contributed by atoms with Crippen molar-refractivity contribution in [1.29, 1.82) is 0 Å². The van der Waals surface area contributed by atoms with Gasteiger partial charge in [-0.2, -0.15) is 14.0 Å². The number of hydrogen-bond acceptors (Lipinski definition) is 7. The highest BCUT2D eigenvalue weighted by Crippen LogP contribution is 2.38. The number of fused-ring (bicyclic) bond motifs is 1. The molecule has 5 rings (SSSR count). The van der Waals surface area contributed by atoms with E-state index in [0.29, 0.717) is 16.0 Å². The normalized spacial score (nSPS) is 20.2. The molecule has 0 saturated heterocycles. The van der Waals surface area contributed by atoms with Gasteiger partial charge in [-0.05, 0) is 18.6 Å². The Morgan fingerprint density at radius 2 is 2.09 bits per heavy atom. The molecule has 3 aromatic heterocycles. The largest absolute Gasteiger partial charge is 0.487 e. The monoisotopic (exact) mass is 485 g/mol. The van der Waals surface area contributed by atoms with E-state index in [4.69, 9.17) is 19.9 Å². The van der Waals surface area contributed by atoms with Gasteiger partial charge in [0.25, 0.3) is 11.5 Å². The third kappa shape index (κ3) is 3.61. The van der Waals surface area contributed by atoms with Crippen LogP contribution in [0.2, 0.25) is 0 Å². The van der Waals surface area contributed by atoms with Crippen LogP contribution in [0.1, 0.15) is 40.6 Å². The molecule has 35 heavy (non-hydrogen) atoms. The number of methoxy groups -OCH3 is 1. The number of amides is 1. The van der Waals surface area contributed by atoms with Crippen molar-refractivity contribution < 1.29 is 27.8 Å². The first-order valence-corrected chi connectivity index (χ1v) is 10.8. The predicted molar refractivity (Wildman–Crippen MR) is 118 cm³/mol. The molecule has 0 radical (unpaired) electrons. The molecule has 0 aromatic carbocycles. The summed E-state index contributed by atoms with van der Waals surface area (Å²) in [5.41, 5.74) is 4.35. The van der Waals surface area contributed by atoms with Crippen molar-refractivity contribution in [2.24, 2.45) is 5.73 Å². The second kappa shape index (κ2) is 8.53. The van der Waals surface area contributed by atoms with E-state index in [-0.39, 0.29) is 41.6 Å². The molecule has 10 nitrogen and oxygen atoms in total. The first kappa shape index (κ1) is 22.6. The minimum Gasteiger partial charge on any atom is -0.487 e. The summed E-state index contributed by atoms with van der Waals surface area (Å²) < 4.78 is 49.5. The fourth-order valence-corrected chi connectivity index (χ4v) is 4.31. The number of carbonyl (C=O) groups excluding carboxylic acids is 1. The first-order valence-electron chi connectivity index (χ1n) is 10.8. The number of rotatable bonds is 5. The zero-order valence-electron chi connectivity index (χ0n) is 18.8. The van der Waals surface area contributed by atoms with Gasteiger partial charge in [0.05, 0.1) is 24.8 Å². The van der Waals surface area contributed by atoms with Gasteiger partial charge in [-0.3, -0.25) is 14.2 Å². The van der Waals surface area contributed by atoms with Crippen LogP contribution in [0.3, 0.4) is 0 Å². The maximum atomic E-state index is 16.0. The Morgan fingerprint density at radius 1 is 1.31 bits per heavy atom. The summed E-state index contributed by atoms with van der Waals surface area (Å²) in [6.07, 6.45) is 2.55. The summed E-state index contributed by atoms with van der Waals surface area (Å²) >= 11 is 0. The fourth-order valence-electron chi connectivity index (χ4n) is 4.31. The minimum absolute atomic E-state index is 0.0701. The van der Waals surface area contributed by atoms with Gasteiger partial charge >= 0.3 is 0 Å². The number of primary amides is 1. The van der Waals surface area contributed by atoms with Crippen LogP contribution in [-0.4, -0.2) is 51.6 Å². The number of allylic oxidation sites excluding steroid dienone is 3. The average Bonchev–Trinajstić information content (AvgIpc) is 3.33. The second-order valence-electron chi connectivity index (χ2n) is 8.06. The standard InChI is InChI=1S/C23H21F2N5O5/c1-11(12-3-6-17(33-2)27-10-12)29-19(13-4-5-16-20(18(13)24)35-8-7-34-16)21(25)30-15(23(29)32)9-14(28-30)22(26)31/h3-6,9-11,13,18H,7-8H2,1-2H3,(H2,26,31)/t11-,13?,18?/m1/s1. The Labute approximate surface area is 197 Å². The molecule has 12 heteroatoms. The molecule has 182 valence electrons. The maximum absolute atomic E-state index is 16.0. The number of nitrogens with two attached hydrogens (primary N) is 1. The Hall–Kier alpha value is -4.22. The molecular formula is C23H21F2N5O5. The van der Waals surface area contributed by atoms with E-state index in [1.54, 1.807) is 19.1 Å². The van der Waals surface area contributed by atoms with Crippen LogP contribution >= 0.6 is 0 Å². The third-order valence-corrected chi connectivity index (χ3v) is 6.07. The van der Waals surface area contributed by atoms with Crippen molar-refractivity contribution in [3.63, 3.8) is 0 Å². The Kier molecular flexibility index (Phi) is 5.50. The molecule has 3 aromatic rings. The van der Waals surface area contributed by atoms with Crippen molar-refractivity contribution >= 4 is 11.4 Å². The minimum atomic E-state index is -1.83.